The van der Waals surface area contributed by atoms with Crippen molar-refractivity contribution < 1.29 is 24.0 Å². The van der Waals surface area contributed by atoms with Gasteiger partial charge in [0.2, 0.25) is 0 Å². The monoisotopic (exact) mass is 265 g/mol. The molecule has 0 heterocycles. The van der Waals surface area contributed by atoms with Crippen molar-refractivity contribution >= 4 is 18.3 Å². The summed E-state index contributed by atoms with van der Waals surface area (Å²) in [5.74, 6) is -0.612. The molecule has 6 heteroatoms. The highest BCUT2D eigenvalue weighted by Crippen LogP contribution is 2.00. The van der Waals surface area contributed by atoms with Crippen LogP contribution in [0.25, 0.3) is 0 Å². The van der Waals surface area contributed by atoms with E-state index < -0.39 is 12.1 Å². The number of carbonyl (C=O) groups excluding carboxylic acids is 3. The molecule has 1 aromatic carbocycles. The van der Waals surface area contributed by atoms with Gasteiger partial charge in [0.25, 0.3) is 0 Å². The molecule has 0 spiro atoms. The molecule has 0 bridgehead atoms. The lowest BCUT2D eigenvalue weighted by atomic mass is 10.2. The van der Waals surface area contributed by atoms with Crippen molar-refractivity contribution in [2.24, 2.45) is 0 Å². The van der Waals surface area contributed by atoms with Crippen LogP contribution < -0.4 is 5.48 Å². The molecule has 19 heavy (non-hydrogen) atoms. The maximum Gasteiger partial charge on any atom is 0.441 e. The topological polar surface area (TPSA) is 81.7 Å². The van der Waals surface area contributed by atoms with Gasteiger partial charge in [-0.2, -0.15) is 0 Å². The van der Waals surface area contributed by atoms with Crippen LogP contribution in [0.15, 0.2) is 30.3 Å². The summed E-state index contributed by atoms with van der Waals surface area (Å²) >= 11 is 0. The quantitative estimate of drug-likeness (QED) is 0.481. The SMILES string of the molecule is O=CCCCC(=O)ONC(=O)OCc1ccccc1. The van der Waals surface area contributed by atoms with Gasteiger partial charge in [-0.25, -0.2) is 9.59 Å². The van der Waals surface area contributed by atoms with E-state index in [1.807, 2.05) is 23.7 Å². The van der Waals surface area contributed by atoms with Gasteiger partial charge in [0.1, 0.15) is 12.9 Å². The van der Waals surface area contributed by atoms with E-state index in [1.54, 1.807) is 12.1 Å². The molecule has 0 saturated heterocycles. The standard InChI is InChI=1S/C13H15NO5/c15-9-5-4-8-12(16)19-14-13(17)18-10-11-6-2-1-3-7-11/h1-3,6-7,9H,4-5,8,10H2,(H,14,17). The fraction of sp³-hybridized carbons (Fsp3) is 0.308. The summed E-state index contributed by atoms with van der Waals surface area (Å²) in [5.41, 5.74) is 2.71. The molecule has 1 aromatic rings. The second kappa shape index (κ2) is 8.68. The Morgan fingerprint density at radius 1 is 1.21 bits per heavy atom. The van der Waals surface area contributed by atoms with Crippen LogP contribution in [0.3, 0.4) is 0 Å². The normalized spacial score (nSPS) is 9.47. The number of ether oxygens (including phenoxy) is 1. The summed E-state index contributed by atoms with van der Waals surface area (Å²) in [4.78, 5) is 36.8. The summed E-state index contributed by atoms with van der Waals surface area (Å²) in [6.45, 7) is 0.0926. The van der Waals surface area contributed by atoms with Gasteiger partial charge < -0.3 is 14.4 Å². The zero-order chi connectivity index (χ0) is 13.9. The second-order valence-electron chi connectivity index (χ2n) is 3.70. The van der Waals surface area contributed by atoms with E-state index in [0.29, 0.717) is 6.42 Å². The van der Waals surface area contributed by atoms with Crippen LogP contribution in [0, 0.1) is 0 Å². The van der Waals surface area contributed by atoms with Crippen molar-refractivity contribution in [3.8, 4) is 0 Å². The minimum atomic E-state index is -0.840. The van der Waals surface area contributed by atoms with Crippen LogP contribution in [0.4, 0.5) is 4.79 Å². The van der Waals surface area contributed by atoms with Gasteiger partial charge in [-0.3, -0.25) is 0 Å². The fourth-order valence-electron chi connectivity index (χ4n) is 1.23. The maximum absolute atomic E-state index is 11.2. The molecule has 0 radical (unpaired) electrons. The Balaban J connectivity index is 2.14. The van der Waals surface area contributed by atoms with E-state index in [1.165, 1.54) is 0 Å². The number of hydrogen-bond acceptors (Lipinski definition) is 5. The molecular formula is C13H15NO5. The van der Waals surface area contributed by atoms with Crippen molar-refractivity contribution in [1.82, 2.24) is 5.48 Å². The first kappa shape index (κ1) is 14.7. The average molecular weight is 265 g/mol. The highest BCUT2D eigenvalue weighted by molar-refractivity contribution is 5.73. The molecule has 102 valence electrons. The molecule has 0 aliphatic rings. The van der Waals surface area contributed by atoms with E-state index in [9.17, 15) is 14.4 Å². The lowest BCUT2D eigenvalue weighted by Gasteiger charge is -2.06. The smallest absolute Gasteiger partial charge is 0.441 e. The number of aldehydes is 1. The van der Waals surface area contributed by atoms with Crippen molar-refractivity contribution in [2.45, 2.75) is 25.9 Å². The van der Waals surface area contributed by atoms with Crippen molar-refractivity contribution in [1.29, 1.82) is 0 Å². The van der Waals surface area contributed by atoms with E-state index in [-0.39, 0.29) is 19.4 Å². The van der Waals surface area contributed by atoms with Crippen molar-refractivity contribution in [3.63, 3.8) is 0 Å². The summed E-state index contributed by atoms with van der Waals surface area (Å²) in [6.07, 6.45) is 0.621. The van der Waals surface area contributed by atoms with Crippen molar-refractivity contribution in [2.75, 3.05) is 0 Å². The number of hydrogen-bond donors (Lipinski definition) is 1. The molecule has 0 saturated carbocycles. The zero-order valence-corrected chi connectivity index (χ0v) is 10.3. The van der Waals surface area contributed by atoms with Crippen LogP contribution in [-0.2, 0) is 25.8 Å². The summed E-state index contributed by atoms with van der Waals surface area (Å²) < 4.78 is 4.82. The van der Waals surface area contributed by atoms with Gasteiger partial charge in [0.05, 0.1) is 0 Å². The molecule has 1 rings (SSSR count). The number of carbonyl (C=O) groups is 3. The molecule has 0 unspecified atom stereocenters. The predicted molar refractivity (Wildman–Crippen MR) is 65.8 cm³/mol. The number of rotatable bonds is 6. The average Bonchev–Trinajstić information content (AvgIpc) is 2.44. The van der Waals surface area contributed by atoms with E-state index >= 15 is 0 Å². The van der Waals surface area contributed by atoms with Gasteiger partial charge in [-0.15, -0.1) is 5.48 Å². The Kier molecular flexibility index (Phi) is 6.71. The number of benzene rings is 1. The fourth-order valence-corrected chi connectivity index (χ4v) is 1.23. The zero-order valence-electron chi connectivity index (χ0n) is 10.3. The van der Waals surface area contributed by atoms with E-state index in [2.05, 4.69) is 4.84 Å². The highest BCUT2D eigenvalue weighted by atomic mass is 16.7. The Bertz CT molecular complexity index is 418. The number of nitrogens with one attached hydrogen (secondary N) is 1. The van der Waals surface area contributed by atoms with E-state index in [4.69, 9.17) is 4.74 Å². The molecule has 0 aliphatic carbocycles. The van der Waals surface area contributed by atoms with Crippen LogP contribution in [-0.4, -0.2) is 18.3 Å². The Morgan fingerprint density at radius 3 is 2.63 bits per heavy atom. The third-order valence-electron chi connectivity index (χ3n) is 2.16. The predicted octanol–water partition coefficient (Wildman–Crippen LogP) is 1.74. The third-order valence-corrected chi connectivity index (χ3v) is 2.16. The number of amides is 1. The third kappa shape index (κ3) is 6.82. The molecule has 1 N–H and O–H groups in total. The summed E-state index contributed by atoms with van der Waals surface area (Å²) in [6, 6.07) is 9.11. The lowest BCUT2D eigenvalue weighted by Crippen LogP contribution is -2.27. The second-order valence-corrected chi connectivity index (χ2v) is 3.70. The number of unbranched alkanes of at least 4 members (excludes halogenated alkanes) is 1. The molecule has 0 aromatic heterocycles. The molecule has 1 amide bonds. The molecule has 0 aliphatic heterocycles. The Labute approximate surface area is 110 Å². The van der Waals surface area contributed by atoms with Gasteiger partial charge >= 0.3 is 12.1 Å². The van der Waals surface area contributed by atoms with Gasteiger partial charge in [-0.05, 0) is 12.0 Å². The van der Waals surface area contributed by atoms with E-state index in [0.717, 1.165) is 11.8 Å². The first-order valence-electron chi connectivity index (χ1n) is 5.82. The molecule has 0 atom stereocenters. The van der Waals surface area contributed by atoms with Gasteiger partial charge in [-0.1, -0.05) is 30.3 Å². The minimum Gasteiger partial charge on any atom is -0.443 e. The Hall–Kier alpha value is -2.37. The van der Waals surface area contributed by atoms with Gasteiger partial charge in [0.15, 0.2) is 0 Å². The molecular weight excluding hydrogens is 250 g/mol. The summed E-state index contributed by atoms with van der Waals surface area (Å²) in [5, 5.41) is 0. The van der Waals surface area contributed by atoms with Crippen LogP contribution >= 0.6 is 0 Å². The molecule has 0 fully saturated rings. The Morgan fingerprint density at radius 2 is 1.95 bits per heavy atom. The molecule has 6 nitrogen and oxygen atoms in total. The largest absolute Gasteiger partial charge is 0.443 e. The van der Waals surface area contributed by atoms with Crippen LogP contribution in [0.2, 0.25) is 0 Å². The highest BCUT2D eigenvalue weighted by Gasteiger charge is 2.07. The van der Waals surface area contributed by atoms with Crippen molar-refractivity contribution in [3.05, 3.63) is 35.9 Å². The summed E-state index contributed by atoms with van der Waals surface area (Å²) in [7, 11) is 0. The minimum absolute atomic E-state index is 0.0672. The number of hydroxylamine groups is 1. The van der Waals surface area contributed by atoms with Gasteiger partial charge in [0, 0.05) is 12.8 Å². The first-order chi connectivity index (χ1) is 9.22. The first-order valence-corrected chi connectivity index (χ1v) is 5.82. The van der Waals surface area contributed by atoms with Crippen LogP contribution in [0.1, 0.15) is 24.8 Å². The van der Waals surface area contributed by atoms with Crippen LogP contribution in [0.5, 0.6) is 0 Å². The lowest BCUT2D eigenvalue weighted by molar-refractivity contribution is -0.149. The maximum atomic E-state index is 11.2.